The molecule has 1 nitrogen and oxygen atoms in total. The zero-order chi connectivity index (χ0) is 14.5. The average Bonchev–Trinajstić information content (AvgIpc) is 2.41. The molecule has 0 fully saturated rings. The average molecular weight is 275 g/mol. The van der Waals surface area contributed by atoms with E-state index in [0.717, 1.165) is 18.5 Å². The van der Waals surface area contributed by atoms with Gasteiger partial charge in [-0.3, -0.25) is 0 Å². The minimum atomic E-state index is -0.516. The lowest BCUT2D eigenvalue weighted by atomic mass is 10.0. The zero-order valence-corrected chi connectivity index (χ0v) is 11.8. The Kier molecular flexibility index (Phi) is 4.72. The van der Waals surface area contributed by atoms with Crippen LogP contribution in [-0.2, 0) is 6.42 Å². The van der Waals surface area contributed by atoms with Crippen LogP contribution in [0.3, 0.4) is 0 Å². The first-order valence-electron chi connectivity index (χ1n) is 6.91. The van der Waals surface area contributed by atoms with E-state index in [1.54, 1.807) is 6.92 Å². The number of hydrogen-bond acceptors (Lipinski definition) is 1. The fraction of sp³-hybridized carbons (Fsp3) is 0.294. The number of anilines is 1. The van der Waals surface area contributed by atoms with Crippen molar-refractivity contribution < 1.29 is 8.78 Å². The van der Waals surface area contributed by atoms with Gasteiger partial charge in [-0.05, 0) is 37.1 Å². The number of rotatable bonds is 5. The van der Waals surface area contributed by atoms with Crippen LogP contribution in [0.2, 0.25) is 0 Å². The normalized spacial score (nSPS) is 12.2. The lowest BCUT2D eigenvalue weighted by Crippen LogP contribution is -2.12. The van der Waals surface area contributed by atoms with E-state index in [9.17, 15) is 8.78 Å². The third kappa shape index (κ3) is 3.16. The number of hydrogen-bond donors (Lipinski definition) is 1. The SMILES string of the molecule is CCCc1ccccc1NC(C)c1c(F)cccc1F. The van der Waals surface area contributed by atoms with E-state index in [4.69, 9.17) is 0 Å². The van der Waals surface area contributed by atoms with Gasteiger partial charge in [0, 0.05) is 11.3 Å². The second-order valence-electron chi connectivity index (χ2n) is 4.91. The van der Waals surface area contributed by atoms with Gasteiger partial charge < -0.3 is 5.32 Å². The smallest absolute Gasteiger partial charge is 0.131 e. The van der Waals surface area contributed by atoms with E-state index in [-0.39, 0.29) is 5.56 Å². The highest BCUT2D eigenvalue weighted by Gasteiger charge is 2.16. The monoisotopic (exact) mass is 275 g/mol. The Balaban J connectivity index is 2.26. The van der Waals surface area contributed by atoms with E-state index in [0.29, 0.717) is 0 Å². The van der Waals surface area contributed by atoms with Crippen molar-refractivity contribution in [2.45, 2.75) is 32.7 Å². The standard InChI is InChI=1S/C17H19F2N/c1-3-7-13-8-4-5-11-16(13)20-12(2)17-14(18)9-6-10-15(17)19/h4-6,8-12,20H,3,7H2,1-2H3. The number of benzene rings is 2. The molecule has 1 N–H and O–H groups in total. The lowest BCUT2D eigenvalue weighted by molar-refractivity contribution is 0.544. The van der Waals surface area contributed by atoms with Gasteiger partial charge in [0.2, 0.25) is 0 Å². The van der Waals surface area contributed by atoms with Crippen molar-refractivity contribution in [3.63, 3.8) is 0 Å². The first-order valence-corrected chi connectivity index (χ1v) is 6.91. The predicted molar refractivity (Wildman–Crippen MR) is 78.8 cm³/mol. The van der Waals surface area contributed by atoms with Crippen LogP contribution in [-0.4, -0.2) is 0 Å². The third-order valence-electron chi connectivity index (χ3n) is 3.34. The van der Waals surface area contributed by atoms with Gasteiger partial charge in [0.25, 0.3) is 0 Å². The van der Waals surface area contributed by atoms with Crippen LogP contribution in [0.15, 0.2) is 42.5 Å². The summed E-state index contributed by atoms with van der Waals surface area (Å²) in [5, 5.41) is 3.21. The lowest BCUT2D eigenvalue weighted by Gasteiger charge is -2.19. The molecule has 20 heavy (non-hydrogen) atoms. The number of nitrogens with one attached hydrogen (secondary N) is 1. The molecule has 0 aliphatic heterocycles. The Morgan fingerprint density at radius 2 is 1.65 bits per heavy atom. The number of para-hydroxylation sites is 1. The van der Waals surface area contributed by atoms with Crippen molar-refractivity contribution >= 4 is 5.69 Å². The first-order chi connectivity index (χ1) is 9.63. The summed E-state index contributed by atoms with van der Waals surface area (Å²) in [6.45, 7) is 3.88. The van der Waals surface area contributed by atoms with E-state index in [2.05, 4.69) is 12.2 Å². The molecular formula is C17H19F2N. The molecule has 0 saturated heterocycles. The van der Waals surface area contributed by atoms with Gasteiger partial charge in [-0.1, -0.05) is 37.6 Å². The molecule has 2 rings (SSSR count). The van der Waals surface area contributed by atoms with Gasteiger partial charge in [-0.2, -0.15) is 0 Å². The number of halogens is 2. The van der Waals surface area contributed by atoms with Gasteiger partial charge in [0.1, 0.15) is 11.6 Å². The van der Waals surface area contributed by atoms with Gasteiger partial charge in [-0.15, -0.1) is 0 Å². The molecule has 106 valence electrons. The molecule has 0 saturated carbocycles. The Hall–Kier alpha value is -1.90. The maximum absolute atomic E-state index is 13.8. The van der Waals surface area contributed by atoms with E-state index >= 15 is 0 Å². The van der Waals surface area contributed by atoms with Gasteiger partial charge in [0.15, 0.2) is 0 Å². The third-order valence-corrected chi connectivity index (χ3v) is 3.34. The van der Waals surface area contributed by atoms with Gasteiger partial charge in [-0.25, -0.2) is 8.78 Å². The van der Waals surface area contributed by atoms with Crippen LogP contribution in [0.1, 0.15) is 37.4 Å². The molecule has 3 heteroatoms. The summed E-state index contributed by atoms with van der Waals surface area (Å²) < 4.78 is 27.5. The topological polar surface area (TPSA) is 12.0 Å². The quantitative estimate of drug-likeness (QED) is 0.801. The van der Waals surface area contributed by atoms with Crippen LogP contribution in [0.4, 0.5) is 14.5 Å². The molecule has 0 spiro atoms. The van der Waals surface area contributed by atoms with E-state index in [1.807, 2.05) is 24.3 Å². The second-order valence-corrected chi connectivity index (χ2v) is 4.91. The molecule has 1 atom stereocenters. The molecule has 0 heterocycles. The molecule has 1 unspecified atom stereocenters. The molecular weight excluding hydrogens is 256 g/mol. The molecule has 0 radical (unpaired) electrons. The van der Waals surface area contributed by atoms with Crippen LogP contribution in [0.5, 0.6) is 0 Å². The highest BCUT2D eigenvalue weighted by molar-refractivity contribution is 5.52. The van der Waals surface area contributed by atoms with Crippen LogP contribution in [0.25, 0.3) is 0 Å². The Bertz CT molecular complexity index is 561. The molecule has 0 aliphatic rings. The Labute approximate surface area is 118 Å². The minimum Gasteiger partial charge on any atom is -0.378 e. The Morgan fingerprint density at radius 3 is 2.30 bits per heavy atom. The summed E-state index contributed by atoms with van der Waals surface area (Å²) in [5.41, 5.74) is 2.18. The summed E-state index contributed by atoms with van der Waals surface area (Å²) in [5.74, 6) is -1.03. The van der Waals surface area contributed by atoms with Crippen molar-refractivity contribution in [1.82, 2.24) is 0 Å². The molecule has 0 aromatic heterocycles. The fourth-order valence-corrected chi connectivity index (χ4v) is 2.38. The highest BCUT2D eigenvalue weighted by atomic mass is 19.1. The summed E-state index contributed by atoms with van der Waals surface area (Å²) in [4.78, 5) is 0. The summed E-state index contributed by atoms with van der Waals surface area (Å²) in [6, 6.07) is 11.4. The van der Waals surface area contributed by atoms with Crippen molar-refractivity contribution in [3.05, 3.63) is 65.2 Å². The predicted octanol–water partition coefficient (Wildman–Crippen LogP) is 5.09. The van der Waals surface area contributed by atoms with Crippen molar-refractivity contribution in [1.29, 1.82) is 0 Å². The van der Waals surface area contributed by atoms with Gasteiger partial charge in [0.05, 0.1) is 6.04 Å². The maximum atomic E-state index is 13.8. The largest absolute Gasteiger partial charge is 0.378 e. The minimum absolute atomic E-state index is 0.0822. The maximum Gasteiger partial charge on any atom is 0.131 e. The fourth-order valence-electron chi connectivity index (χ4n) is 2.38. The van der Waals surface area contributed by atoms with Gasteiger partial charge >= 0.3 is 0 Å². The Morgan fingerprint density at radius 1 is 1.00 bits per heavy atom. The second kappa shape index (κ2) is 6.51. The highest BCUT2D eigenvalue weighted by Crippen LogP contribution is 2.26. The summed E-state index contributed by atoms with van der Waals surface area (Å²) in [7, 11) is 0. The van der Waals surface area contributed by atoms with Crippen molar-refractivity contribution in [3.8, 4) is 0 Å². The van der Waals surface area contributed by atoms with Crippen LogP contribution in [0, 0.1) is 11.6 Å². The van der Waals surface area contributed by atoms with Crippen LogP contribution < -0.4 is 5.32 Å². The summed E-state index contributed by atoms with van der Waals surface area (Å²) in [6.07, 6.45) is 1.97. The van der Waals surface area contributed by atoms with E-state index in [1.165, 1.54) is 23.8 Å². The molecule has 0 aliphatic carbocycles. The summed E-state index contributed by atoms with van der Waals surface area (Å²) >= 11 is 0. The van der Waals surface area contributed by atoms with Crippen molar-refractivity contribution in [2.24, 2.45) is 0 Å². The number of aryl methyl sites for hydroxylation is 1. The molecule has 0 amide bonds. The first kappa shape index (κ1) is 14.5. The van der Waals surface area contributed by atoms with Crippen LogP contribution >= 0.6 is 0 Å². The molecule has 0 bridgehead atoms. The molecule has 2 aromatic carbocycles. The van der Waals surface area contributed by atoms with E-state index < -0.39 is 17.7 Å². The zero-order valence-electron chi connectivity index (χ0n) is 11.8. The molecule has 2 aromatic rings. The van der Waals surface area contributed by atoms with Crippen molar-refractivity contribution in [2.75, 3.05) is 5.32 Å².